The van der Waals surface area contributed by atoms with E-state index in [0.717, 1.165) is 19.4 Å². The van der Waals surface area contributed by atoms with Crippen LogP contribution in [-0.4, -0.2) is 23.6 Å². The summed E-state index contributed by atoms with van der Waals surface area (Å²) in [6, 6.07) is 3.34. The van der Waals surface area contributed by atoms with Gasteiger partial charge in [-0.15, -0.1) is 0 Å². The molecule has 0 aromatic heterocycles. The number of rotatable bonds is 3. The Labute approximate surface area is 121 Å². The SMILES string of the molecule is CC1CC(Nc2c(Cl)cc([N+](=O)[O-])cc2Cl)CCN1. The number of nitro groups is 1. The Kier molecular flexibility index (Phi) is 4.50. The Morgan fingerprint density at radius 2 is 2.05 bits per heavy atom. The van der Waals surface area contributed by atoms with E-state index < -0.39 is 4.92 Å². The zero-order valence-corrected chi connectivity index (χ0v) is 12.0. The van der Waals surface area contributed by atoms with Crippen LogP contribution in [0.5, 0.6) is 0 Å². The lowest BCUT2D eigenvalue weighted by atomic mass is 10.0. The monoisotopic (exact) mass is 303 g/mol. The largest absolute Gasteiger partial charge is 0.380 e. The zero-order chi connectivity index (χ0) is 14.0. The molecule has 1 aliphatic heterocycles. The summed E-state index contributed by atoms with van der Waals surface area (Å²) in [6.07, 6.45) is 1.93. The highest BCUT2D eigenvalue weighted by molar-refractivity contribution is 6.39. The van der Waals surface area contributed by atoms with Gasteiger partial charge in [0.25, 0.3) is 5.69 Å². The fourth-order valence-electron chi connectivity index (χ4n) is 2.27. The van der Waals surface area contributed by atoms with Crippen LogP contribution >= 0.6 is 23.2 Å². The standard InChI is InChI=1S/C12H15Cl2N3O2/c1-7-4-8(2-3-15-7)16-12-10(13)5-9(17(18)19)6-11(12)14/h5-8,15-16H,2-4H2,1H3. The average molecular weight is 304 g/mol. The minimum Gasteiger partial charge on any atom is -0.380 e. The van der Waals surface area contributed by atoms with Gasteiger partial charge in [0.1, 0.15) is 0 Å². The third-order valence-corrected chi connectivity index (χ3v) is 3.81. The molecule has 0 amide bonds. The minimum absolute atomic E-state index is 0.0979. The van der Waals surface area contributed by atoms with E-state index in [4.69, 9.17) is 23.2 Å². The Morgan fingerprint density at radius 1 is 1.42 bits per heavy atom. The van der Waals surface area contributed by atoms with Gasteiger partial charge < -0.3 is 10.6 Å². The van der Waals surface area contributed by atoms with E-state index in [1.807, 2.05) is 0 Å². The number of nitrogens with one attached hydrogen (secondary N) is 2. The first kappa shape index (κ1) is 14.4. The van der Waals surface area contributed by atoms with Gasteiger partial charge in [-0.1, -0.05) is 23.2 Å². The van der Waals surface area contributed by atoms with E-state index in [0.29, 0.717) is 11.7 Å². The molecule has 2 rings (SSSR count). The Bertz CT molecular complexity index is 473. The predicted octanol–water partition coefficient (Wildman–Crippen LogP) is 3.45. The van der Waals surface area contributed by atoms with E-state index in [-0.39, 0.29) is 21.8 Å². The number of hydrogen-bond donors (Lipinski definition) is 2. The molecule has 1 saturated heterocycles. The first-order chi connectivity index (χ1) is 8.97. The van der Waals surface area contributed by atoms with Gasteiger partial charge in [0.2, 0.25) is 0 Å². The molecule has 1 aromatic carbocycles. The molecule has 0 bridgehead atoms. The molecular formula is C12H15Cl2N3O2. The van der Waals surface area contributed by atoms with Crippen molar-refractivity contribution >= 4 is 34.6 Å². The molecule has 1 fully saturated rings. The summed E-state index contributed by atoms with van der Waals surface area (Å²) >= 11 is 12.1. The van der Waals surface area contributed by atoms with Crippen molar-refractivity contribution in [3.05, 3.63) is 32.3 Å². The first-order valence-corrected chi connectivity index (χ1v) is 6.86. The lowest BCUT2D eigenvalue weighted by Crippen LogP contribution is -2.41. The van der Waals surface area contributed by atoms with Crippen molar-refractivity contribution in [3.63, 3.8) is 0 Å². The van der Waals surface area contributed by atoms with E-state index in [1.165, 1.54) is 12.1 Å². The van der Waals surface area contributed by atoms with Crippen molar-refractivity contribution in [1.29, 1.82) is 0 Å². The summed E-state index contributed by atoms with van der Waals surface area (Å²) in [5.41, 5.74) is 0.479. The molecule has 19 heavy (non-hydrogen) atoms. The van der Waals surface area contributed by atoms with Crippen LogP contribution in [0.2, 0.25) is 10.0 Å². The van der Waals surface area contributed by atoms with Crippen LogP contribution in [0.1, 0.15) is 19.8 Å². The normalized spacial score (nSPS) is 23.1. The quantitative estimate of drug-likeness (QED) is 0.663. The molecule has 1 heterocycles. The van der Waals surface area contributed by atoms with Crippen LogP contribution < -0.4 is 10.6 Å². The summed E-state index contributed by atoms with van der Waals surface area (Å²) in [4.78, 5) is 10.2. The lowest BCUT2D eigenvalue weighted by Gasteiger charge is -2.30. The molecule has 1 aromatic rings. The van der Waals surface area contributed by atoms with E-state index in [1.54, 1.807) is 0 Å². The molecule has 1 aliphatic rings. The number of halogens is 2. The minimum atomic E-state index is -0.506. The van der Waals surface area contributed by atoms with Crippen molar-refractivity contribution < 1.29 is 4.92 Å². The van der Waals surface area contributed by atoms with Crippen molar-refractivity contribution in [1.82, 2.24) is 5.32 Å². The lowest BCUT2D eigenvalue weighted by molar-refractivity contribution is -0.384. The van der Waals surface area contributed by atoms with Gasteiger partial charge >= 0.3 is 0 Å². The fourth-order valence-corrected chi connectivity index (χ4v) is 2.85. The van der Waals surface area contributed by atoms with Crippen LogP contribution in [0.15, 0.2) is 12.1 Å². The molecular weight excluding hydrogens is 289 g/mol. The van der Waals surface area contributed by atoms with E-state index >= 15 is 0 Å². The molecule has 2 N–H and O–H groups in total. The Morgan fingerprint density at radius 3 is 2.58 bits per heavy atom. The van der Waals surface area contributed by atoms with Crippen LogP contribution in [0.25, 0.3) is 0 Å². The van der Waals surface area contributed by atoms with Gasteiger partial charge in [0, 0.05) is 24.2 Å². The molecule has 0 saturated carbocycles. The molecule has 0 aliphatic carbocycles. The second-order valence-corrected chi connectivity index (χ2v) is 5.58. The molecule has 0 spiro atoms. The third kappa shape index (κ3) is 3.49. The van der Waals surface area contributed by atoms with Gasteiger partial charge in [-0.2, -0.15) is 0 Å². The highest BCUT2D eigenvalue weighted by Gasteiger charge is 2.21. The summed E-state index contributed by atoms with van der Waals surface area (Å²) < 4.78 is 0. The van der Waals surface area contributed by atoms with E-state index in [2.05, 4.69) is 17.6 Å². The third-order valence-electron chi connectivity index (χ3n) is 3.21. The number of nitro benzene ring substituents is 1. The topological polar surface area (TPSA) is 67.2 Å². The van der Waals surface area contributed by atoms with Gasteiger partial charge in [-0.3, -0.25) is 10.1 Å². The summed E-state index contributed by atoms with van der Waals surface area (Å²) in [7, 11) is 0. The van der Waals surface area contributed by atoms with E-state index in [9.17, 15) is 10.1 Å². The molecule has 2 unspecified atom stereocenters. The first-order valence-electron chi connectivity index (χ1n) is 6.10. The van der Waals surface area contributed by atoms with Crippen LogP contribution in [0.4, 0.5) is 11.4 Å². The second-order valence-electron chi connectivity index (χ2n) is 4.76. The molecule has 7 heteroatoms. The van der Waals surface area contributed by atoms with Crippen molar-refractivity contribution in [2.75, 3.05) is 11.9 Å². The van der Waals surface area contributed by atoms with Crippen LogP contribution in [-0.2, 0) is 0 Å². The maximum atomic E-state index is 10.7. The zero-order valence-electron chi connectivity index (χ0n) is 10.5. The maximum absolute atomic E-state index is 10.7. The number of anilines is 1. The highest BCUT2D eigenvalue weighted by Crippen LogP contribution is 2.35. The van der Waals surface area contributed by atoms with Gasteiger partial charge in [-0.05, 0) is 26.3 Å². The highest BCUT2D eigenvalue weighted by atomic mass is 35.5. The predicted molar refractivity (Wildman–Crippen MR) is 77.2 cm³/mol. The average Bonchev–Trinajstić information content (AvgIpc) is 2.33. The Hall–Kier alpha value is -1.04. The van der Waals surface area contributed by atoms with Crippen molar-refractivity contribution in [3.8, 4) is 0 Å². The Balaban J connectivity index is 2.18. The van der Waals surface area contributed by atoms with Crippen molar-refractivity contribution in [2.45, 2.75) is 31.8 Å². The second kappa shape index (κ2) is 5.94. The summed E-state index contributed by atoms with van der Waals surface area (Å²) in [5, 5.41) is 17.9. The number of piperidine rings is 1. The molecule has 2 atom stereocenters. The summed E-state index contributed by atoms with van der Waals surface area (Å²) in [6.45, 7) is 3.05. The number of benzene rings is 1. The van der Waals surface area contributed by atoms with Crippen LogP contribution in [0.3, 0.4) is 0 Å². The van der Waals surface area contributed by atoms with Gasteiger partial charge in [0.05, 0.1) is 20.7 Å². The summed E-state index contributed by atoms with van der Waals surface area (Å²) in [5.74, 6) is 0. The van der Waals surface area contributed by atoms with Gasteiger partial charge in [0.15, 0.2) is 0 Å². The smallest absolute Gasteiger partial charge is 0.272 e. The van der Waals surface area contributed by atoms with Crippen molar-refractivity contribution in [2.24, 2.45) is 0 Å². The van der Waals surface area contributed by atoms with Gasteiger partial charge in [-0.25, -0.2) is 0 Å². The number of non-ortho nitro benzene ring substituents is 1. The molecule has 0 radical (unpaired) electrons. The maximum Gasteiger partial charge on any atom is 0.272 e. The fraction of sp³-hybridized carbons (Fsp3) is 0.500. The molecule has 5 nitrogen and oxygen atoms in total. The van der Waals surface area contributed by atoms with Crippen LogP contribution in [0, 0.1) is 10.1 Å². The number of nitrogens with zero attached hydrogens (tertiary/aromatic N) is 1. The number of hydrogen-bond acceptors (Lipinski definition) is 4. The molecule has 104 valence electrons.